The molecule has 172 valence electrons. The van der Waals surface area contributed by atoms with E-state index in [0.717, 1.165) is 32.9 Å². The van der Waals surface area contributed by atoms with Crippen molar-refractivity contribution in [2.75, 3.05) is 5.32 Å². The third-order valence-corrected chi connectivity index (χ3v) is 7.40. The van der Waals surface area contributed by atoms with Gasteiger partial charge >= 0.3 is 5.69 Å². The fourth-order valence-corrected chi connectivity index (χ4v) is 5.43. The van der Waals surface area contributed by atoms with Crippen LogP contribution in [0.25, 0.3) is 21.5 Å². The summed E-state index contributed by atoms with van der Waals surface area (Å²) < 4.78 is 29.7. The summed E-state index contributed by atoms with van der Waals surface area (Å²) in [5.74, 6) is -3.72. The van der Waals surface area contributed by atoms with Crippen molar-refractivity contribution in [2.24, 2.45) is 14.1 Å². The number of amides is 1. The largest absolute Gasteiger partial charge is 0.503 e. The number of aromatic hydroxyl groups is 1. The number of hydrogen-bond donors (Lipinski definition) is 2. The minimum atomic E-state index is -1.11. The van der Waals surface area contributed by atoms with E-state index >= 15 is 0 Å². The number of benzene rings is 1. The number of carbonyl (C=O) groups excluding carboxylic acids is 1. The first-order valence-corrected chi connectivity index (χ1v) is 11.5. The van der Waals surface area contributed by atoms with E-state index in [4.69, 9.17) is 0 Å². The number of rotatable bonds is 5. The summed E-state index contributed by atoms with van der Waals surface area (Å²) in [6, 6.07) is 1.90. The topological polar surface area (TPSA) is 106 Å². The number of nitrogens with zero attached hydrogens (tertiary/aromatic N) is 3. The zero-order valence-corrected chi connectivity index (χ0v) is 19.4. The zero-order chi connectivity index (χ0) is 24.0. The van der Waals surface area contributed by atoms with Gasteiger partial charge in [-0.1, -0.05) is 6.92 Å². The maximum atomic E-state index is 13.6. The molecular formula is C21H18F2N4O4S2. The molecular weight excluding hydrogens is 474 g/mol. The maximum Gasteiger partial charge on any atom is 0.331 e. The Hall–Kier alpha value is -3.38. The highest BCUT2D eigenvalue weighted by atomic mass is 32.1. The summed E-state index contributed by atoms with van der Waals surface area (Å²) in [6.07, 6.45) is 0.479. The van der Waals surface area contributed by atoms with Gasteiger partial charge in [-0.15, -0.1) is 22.7 Å². The lowest BCUT2D eigenvalue weighted by Crippen LogP contribution is -2.36. The van der Waals surface area contributed by atoms with Gasteiger partial charge in [-0.05, 0) is 24.1 Å². The van der Waals surface area contributed by atoms with Crippen LogP contribution in [0.1, 0.15) is 17.4 Å². The van der Waals surface area contributed by atoms with Crippen LogP contribution in [0.4, 0.5) is 13.9 Å². The van der Waals surface area contributed by atoms with Crippen LogP contribution in [-0.4, -0.2) is 25.1 Å². The van der Waals surface area contributed by atoms with Crippen molar-refractivity contribution in [3.63, 3.8) is 0 Å². The van der Waals surface area contributed by atoms with Crippen molar-refractivity contribution >= 4 is 43.9 Å². The van der Waals surface area contributed by atoms with Gasteiger partial charge in [0.15, 0.2) is 22.5 Å². The van der Waals surface area contributed by atoms with Gasteiger partial charge in [0.05, 0.1) is 17.5 Å². The Balaban J connectivity index is 1.63. The molecule has 0 saturated heterocycles. The minimum Gasteiger partial charge on any atom is -0.503 e. The molecule has 12 heteroatoms. The van der Waals surface area contributed by atoms with E-state index in [1.807, 2.05) is 6.92 Å². The first-order valence-electron chi connectivity index (χ1n) is 9.76. The van der Waals surface area contributed by atoms with E-state index in [-0.39, 0.29) is 22.8 Å². The molecule has 0 aliphatic carbocycles. The van der Waals surface area contributed by atoms with E-state index in [0.29, 0.717) is 22.2 Å². The van der Waals surface area contributed by atoms with E-state index < -0.39 is 34.5 Å². The van der Waals surface area contributed by atoms with Crippen LogP contribution in [0.5, 0.6) is 5.75 Å². The number of thiazole rings is 1. The number of phenolic OH excluding ortho intramolecular Hbond substituents is 1. The van der Waals surface area contributed by atoms with Crippen molar-refractivity contribution in [1.82, 2.24) is 14.1 Å². The van der Waals surface area contributed by atoms with Crippen molar-refractivity contribution < 1.29 is 18.7 Å². The smallest absolute Gasteiger partial charge is 0.331 e. The van der Waals surface area contributed by atoms with E-state index in [1.54, 1.807) is 7.05 Å². The lowest BCUT2D eigenvalue weighted by atomic mass is 10.1. The summed E-state index contributed by atoms with van der Waals surface area (Å²) in [5, 5.41) is 14.0. The third kappa shape index (κ3) is 3.95. The van der Waals surface area contributed by atoms with Crippen LogP contribution in [0.15, 0.2) is 27.1 Å². The zero-order valence-electron chi connectivity index (χ0n) is 17.7. The standard InChI is InChI=1S/C21H18F2N4O4S2/c1-4-14-10(16-18(30)26(2)21(31)27(3)19(16)33-14)7-15(28)25-20-24-13(8-32-20)9-5-11(22)17(29)12(23)6-9/h5-6,8,29H,4,7H2,1-3H3,(H,24,25,28). The summed E-state index contributed by atoms with van der Waals surface area (Å²) in [4.78, 5) is 43.3. The quantitative estimate of drug-likeness (QED) is 0.445. The summed E-state index contributed by atoms with van der Waals surface area (Å²) in [7, 11) is 2.97. The number of aryl methyl sites for hydroxylation is 2. The summed E-state index contributed by atoms with van der Waals surface area (Å²) in [6.45, 7) is 1.90. The Morgan fingerprint density at radius 1 is 1.18 bits per heavy atom. The van der Waals surface area contributed by atoms with E-state index in [9.17, 15) is 28.3 Å². The predicted molar refractivity (Wildman–Crippen MR) is 123 cm³/mol. The molecule has 33 heavy (non-hydrogen) atoms. The second kappa shape index (κ2) is 8.52. The number of aromatic nitrogens is 3. The van der Waals surface area contributed by atoms with Gasteiger partial charge in [-0.3, -0.25) is 18.7 Å². The van der Waals surface area contributed by atoms with Crippen LogP contribution >= 0.6 is 22.7 Å². The highest BCUT2D eigenvalue weighted by Crippen LogP contribution is 2.31. The molecule has 0 bridgehead atoms. The van der Waals surface area contributed by atoms with Crippen LogP contribution in [-0.2, 0) is 31.7 Å². The molecule has 2 N–H and O–H groups in total. The number of nitrogens with one attached hydrogen (secondary N) is 1. The second-order valence-corrected chi connectivity index (χ2v) is 9.24. The predicted octanol–water partition coefficient (Wildman–Crippen LogP) is 3.15. The number of phenols is 1. The van der Waals surface area contributed by atoms with Gasteiger partial charge < -0.3 is 10.4 Å². The van der Waals surface area contributed by atoms with Crippen molar-refractivity contribution in [3.8, 4) is 17.0 Å². The fourth-order valence-electron chi connectivity index (χ4n) is 3.49. The average molecular weight is 493 g/mol. The van der Waals surface area contributed by atoms with Crippen molar-refractivity contribution in [1.29, 1.82) is 0 Å². The van der Waals surface area contributed by atoms with Gasteiger partial charge in [0.2, 0.25) is 5.91 Å². The molecule has 0 unspecified atom stereocenters. The van der Waals surface area contributed by atoms with Gasteiger partial charge in [0, 0.05) is 29.9 Å². The Morgan fingerprint density at radius 3 is 2.48 bits per heavy atom. The number of fused-ring (bicyclic) bond motifs is 1. The average Bonchev–Trinajstić information content (AvgIpc) is 3.39. The number of anilines is 1. The Labute approximate surface area is 193 Å². The molecule has 0 spiro atoms. The molecule has 3 aromatic heterocycles. The number of carbonyl (C=O) groups is 1. The lowest BCUT2D eigenvalue weighted by Gasteiger charge is -2.06. The molecule has 0 fully saturated rings. The van der Waals surface area contributed by atoms with Gasteiger partial charge in [-0.25, -0.2) is 18.6 Å². The van der Waals surface area contributed by atoms with Crippen LogP contribution in [0, 0.1) is 11.6 Å². The summed E-state index contributed by atoms with van der Waals surface area (Å²) in [5.41, 5.74) is 0.00325. The first-order chi connectivity index (χ1) is 15.6. The van der Waals surface area contributed by atoms with Crippen LogP contribution in [0.2, 0.25) is 0 Å². The maximum absolute atomic E-state index is 13.6. The van der Waals surface area contributed by atoms with Crippen molar-refractivity contribution in [2.45, 2.75) is 19.8 Å². The lowest BCUT2D eigenvalue weighted by molar-refractivity contribution is -0.115. The monoisotopic (exact) mass is 492 g/mol. The molecule has 0 atom stereocenters. The molecule has 1 aromatic carbocycles. The van der Waals surface area contributed by atoms with Gasteiger partial charge in [0.1, 0.15) is 4.83 Å². The molecule has 1 amide bonds. The highest BCUT2D eigenvalue weighted by molar-refractivity contribution is 7.18. The molecule has 0 radical (unpaired) electrons. The minimum absolute atomic E-state index is 0.103. The molecule has 0 aliphatic rings. The SMILES string of the molecule is CCc1sc2c(c1CC(=O)Nc1nc(-c3cc(F)c(O)c(F)c3)cs1)c(=O)n(C)c(=O)n2C. The Morgan fingerprint density at radius 2 is 1.85 bits per heavy atom. The molecule has 0 aliphatic heterocycles. The second-order valence-electron chi connectivity index (χ2n) is 7.29. The number of halogens is 2. The molecule has 0 saturated carbocycles. The number of thiophene rings is 1. The van der Waals surface area contributed by atoms with Crippen LogP contribution < -0.4 is 16.6 Å². The fraction of sp³-hybridized carbons (Fsp3) is 0.238. The highest BCUT2D eigenvalue weighted by Gasteiger charge is 2.21. The van der Waals surface area contributed by atoms with Gasteiger partial charge in [0.25, 0.3) is 5.56 Å². The molecule has 8 nitrogen and oxygen atoms in total. The Bertz CT molecular complexity index is 1510. The molecule has 4 aromatic rings. The molecule has 4 rings (SSSR count). The molecule has 3 heterocycles. The summed E-state index contributed by atoms with van der Waals surface area (Å²) >= 11 is 2.37. The van der Waals surface area contributed by atoms with Crippen molar-refractivity contribution in [3.05, 3.63) is 60.4 Å². The first kappa shape index (κ1) is 22.8. The van der Waals surface area contributed by atoms with E-state index in [1.165, 1.54) is 28.3 Å². The Kier molecular flexibility index (Phi) is 5.89. The number of hydrogen-bond acceptors (Lipinski definition) is 7. The normalized spacial score (nSPS) is 11.3. The van der Waals surface area contributed by atoms with E-state index in [2.05, 4.69) is 10.3 Å². The van der Waals surface area contributed by atoms with Crippen LogP contribution in [0.3, 0.4) is 0 Å². The third-order valence-electron chi connectivity index (χ3n) is 5.19. The van der Waals surface area contributed by atoms with Gasteiger partial charge in [-0.2, -0.15) is 0 Å².